The molecule has 0 atom stereocenters. The van der Waals surface area contributed by atoms with Crippen LogP contribution in [0.25, 0.3) is 0 Å². The Morgan fingerprint density at radius 2 is 1.82 bits per heavy atom. The highest BCUT2D eigenvalue weighted by Gasteiger charge is 2.46. The van der Waals surface area contributed by atoms with E-state index in [-0.39, 0.29) is 18.1 Å². The predicted octanol–water partition coefficient (Wildman–Crippen LogP) is 1.05. The first kappa shape index (κ1) is 14.3. The van der Waals surface area contributed by atoms with E-state index in [0.717, 1.165) is 6.42 Å². The second-order valence-corrected chi connectivity index (χ2v) is 8.28. The Bertz CT molecular complexity index is 391. The minimum absolute atomic E-state index is 0.202. The lowest BCUT2D eigenvalue weighted by Gasteiger charge is -2.40. The van der Waals surface area contributed by atoms with Crippen molar-refractivity contribution in [2.75, 3.05) is 12.8 Å². The van der Waals surface area contributed by atoms with Gasteiger partial charge >= 0.3 is 6.03 Å². The van der Waals surface area contributed by atoms with Crippen LogP contribution in [0.2, 0.25) is 0 Å². The molecular formula is C11H22N2O3S. The van der Waals surface area contributed by atoms with Crippen LogP contribution in [0.15, 0.2) is 0 Å². The third kappa shape index (κ3) is 3.59. The number of sulfone groups is 1. The molecular weight excluding hydrogens is 240 g/mol. The molecule has 0 saturated heterocycles. The van der Waals surface area contributed by atoms with E-state index in [1.165, 1.54) is 6.26 Å². The van der Waals surface area contributed by atoms with E-state index >= 15 is 0 Å². The largest absolute Gasteiger partial charge is 0.337 e. The summed E-state index contributed by atoms with van der Waals surface area (Å²) in [5.41, 5.74) is -0.318. The summed E-state index contributed by atoms with van der Waals surface area (Å²) >= 11 is 0. The Morgan fingerprint density at radius 1 is 1.29 bits per heavy atom. The van der Waals surface area contributed by atoms with Crippen LogP contribution in [-0.2, 0) is 9.84 Å². The van der Waals surface area contributed by atoms with Crippen molar-refractivity contribution in [3.05, 3.63) is 0 Å². The first-order valence-electron chi connectivity index (χ1n) is 5.81. The molecule has 1 aliphatic carbocycles. The fourth-order valence-electron chi connectivity index (χ4n) is 1.88. The van der Waals surface area contributed by atoms with Crippen molar-refractivity contribution in [2.45, 2.75) is 50.3 Å². The number of urea groups is 1. The molecule has 0 heterocycles. The van der Waals surface area contributed by atoms with Crippen molar-refractivity contribution in [3.8, 4) is 0 Å². The Hall–Kier alpha value is -0.780. The van der Waals surface area contributed by atoms with Gasteiger partial charge in [-0.05, 0) is 33.6 Å². The van der Waals surface area contributed by atoms with Gasteiger partial charge in [-0.3, -0.25) is 0 Å². The van der Waals surface area contributed by atoms with Gasteiger partial charge in [0.2, 0.25) is 0 Å². The summed E-state index contributed by atoms with van der Waals surface area (Å²) in [6.07, 6.45) is 3.44. The number of amides is 2. The molecule has 100 valence electrons. The van der Waals surface area contributed by atoms with Crippen molar-refractivity contribution in [1.29, 1.82) is 0 Å². The average molecular weight is 262 g/mol. The normalized spacial score (nSPS) is 19.3. The molecule has 0 spiro atoms. The molecule has 0 aromatic heterocycles. The van der Waals surface area contributed by atoms with Crippen molar-refractivity contribution >= 4 is 15.9 Å². The number of hydrogen-bond donors (Lipinski definition) is 2. The molecule has 2 amide bonds. The summed E-state index contributed by atoms with van der Waals surface area (Å²) < 4.78 is 22.6. The summed E-state index contributed by atoms with van der Waals surface area (Å²) in [6.45, 7) is 5.83. The number of carbonyl (C=O) groups is 1. The number of nitrogens with one attached hydrogen (secondary N) is 2. The van der Waals surface area contributed by atoms with Gasteiger partial charge in [-0.15, -0.1) is 0 Å². The number of carbonyl (C=O) groups excluding carboxylic acids is 1. The van der Waals surface area contributed by atoms with Gasteiger partial charge in [0.25, 0.3) is 0 Å². The highest BCUT2D eigenvalue weighted by atomic mass is 32.2. The molecule has 0 aliphatic heterocycles. The molecule has 0 aromatic rings. The van der Waals surface area contributed by atoms with E-state index in [2.05, 4.69) is 10.6 Å². The fourth-order valence-corrected chi connectivity index (χ4v) is 3.24. The zero-order valence-electron chi connectivity index (χ0n) is 11.0. The molecule has 1 saturated carbocycles. The molecule has 0 unspecified atom stereocenters. The van der Waals surface area contributed by atoms with E-state index in [1.54, 1.807) is 0 Å². The Kier molecular flexibility index (Phi) is 3.76. The first-order valence-corrected chi connectivity index (χ1v) is 7.71. The summed E-state index contributed by atoms with van der Waals surface area (Å²) in [5.74, 6) is 0. The highest BCUT2D eigenvalue weighted by Crippen LogP contribution is 2.38. The third-order valence-corrected chi connectivity index (χ3v) is 5.24. The lowest BCUT2D eigenvalue weighted by Crippen LogP contribution is -2.56. The molecule has 17 heavy (non-hydrogen) atoms. The van der Waals surface area contributed by atoms with Crippen LogP contribution >= 0.6 is 0 Å². The van der Waals surface area contributed by atoms with Crippen LogP contribution in [-0.4, -0.2) is 37.5 Å². The van der Waals surface area contributed by atoms with Crippen molar-refractivity contribution in [3.63, 3.8) is 0 Å². The summed E-state index contributed by atoms with van der Waals surface area (Å²) in [6, 6.07) is -0.313. The number of hydrogen-bond acceptors (Lipinski definition) is 3. The smallest absolute Gasteiger partial charge is 0.315 e. The second-order valence-electron chi connectivity index (χ2n) is 5.87. The van der Waals surface area contributed by atoms with E-state index in [4.69, 9.17) is 0 Å². The summed E-state index contributed by atoms with van der Waals surface area (Å²) in [4.78, 5) is 11.6. The summed E-state index contributed by atoms with van der Waals surface area (Å²) in [5, 5.41) is 5.41. The van der Waals surface area contributed by atoms with Gasteiger partial charge in [0.1, 0.15) is 0 Å². The maximum Gasteiger partial charge on any atom is 0.315 e. The Labute approximate surface area is 103 Å². The van der Waals surface area contributed by atoms with Gasteiger partial charge in [0, 0.05) is 18.3 Å². The van der Waals surface area contributed by atoms with Gasteiger partial charge in [-0.2, -0.15) is 0 Å². The zero-order chi connectivity index (χ0) is 13.3. The number of rotatable bonds is 3. The van der Waals surface area contributed by atoms with Crippen molar-refractivity contribution in [2.24, 2.45) is 0 Å². The van der Waals surface area contributed by atoms with E-state index < -0.39 is 14.6 Å². The third-order valence-electron chi connectivity index (χ3n) is 3.11. The Balaban J connectivity index is 2.53. The molecule has 6 heteroatoms. The van der Waals surface area contributed by atoms with E-state index in [0.29, 0.717) is 12.8 Å². The SMILES string of the molecule is CC(C)(C)NC(=O)NCC1(S(C)(=O)=O)CCC1. The Morgan fingerprint density at radius 3 is 2.12 bits per heavy atom. The van der Waals surface area contributed by atoms with Gasteiger partial charge in [-0.1, -0.05) is 6.42 Å². The van der Waals surface area contributed by atoms with Crippen LogP contribution < -0.4 is 10.6 Å². The lowest BCUT2D eigenvalue weighted by atomic mass is 9.84. The summed E-state index contributed by atoms with van der Waals surface area (Å²) in [7, 11) is -3.11. The van der Waals surface area contributed by atoms with Gasteiger partial charge in [0.05, 0.1) is 4.75 Å². The molecule has 0 radical (unpaired) electrons. The maximum absolute atomic E-state index is 11.7. The average Bonchev–Trinajstić information content (AvgIpc) is 1.94. The molecule has 1 rings (SSSR count). The quantitative estimate of drug-likeness (QED) is 0.798. The van der Waals surface area contributed by atoms with Gasteiger partial charge < -0.3 is 10.6 Å². The monoisotopic (exact) mass is 262 g/mol. The van der Waals surface area contributed by atoms with E-state index in [9.17, 15) is 13.2 Å². The van der Waals surface area contributed by atoms with E-state index in [1.807, 2.05) is 20.8 Å². The topological polar surface area (TPSA) is 75.3 Å². The predicted molar refractivity (Wildman–Crippen MR) is 67.7 cm³/mol. The lowest BCUT2D eigenvalue weighted by molar-refractivity contribution is 0.226. The molecule has 5 nitrogen and oxygen atoms in total. The van der Waals surface area contributed by atoms with Crippen LogP contribution in [0.3, 0.4) is 0 Å². The maximum atomic E-state index is 11.7. The van der Waals surface area contributed by atoms with Crippen molar-refractivity contribution < 1.29 is 13.2 Å². The first-order chi connectivity index (χ1) is 7.56. The molecule has 0 bridgehead atoms. The minimum Gasteiger partial charge on any atom is -0.337 e. The molecule has 2 N–H and O–H groups in total. The second kappa shape index (κ2) is 4.48. The molecule has 0 aromatic carbocycles. The minimum atomic E-state index is -3.11. The van der Waals surface area contributed by atoms with Crippen molar-refractivity contribution in [1.82, 2.24) is 10.6 Å². The van der Waals surface area contributed by atoms with Crippen LogP contribution in [0.1, 0.15) is 40.0 Å². The standard InChI is InChI=1S/C11H22N2O3S/c1-10(2,3)13-9(14)12-8-11(6-5-7-11)17(4,15)16/h5-8H2,1-4H3,(H2,12,13,14). The molecule has 1 aliphatic rings. The zero-order valence-corrected chi connectivity index (χ0v) is 11.8. The van der Waals surface area contributed by atoms with Crippen LogP contribution in [0.5, 0.6) is 0 Å². The molecule has 1 fully saturated rings. The fraction of sp³-hybridized carbons (Fsp3) is 0.909. The van der Waals surface area contributed by atoms with Gasteiger partial charge in [-0.25, -0.2) is 13.2 Å². The van der Waals surface area contributed by atoms with Gasteiger partial charge in [0.15, 0.2) is 9.84 Å². The van der Waals surface area contributed by atoms with Crippen LogP contribution in [0.4, 0.5) is 4.79 Å². The highest BCUT2D eigenvalue weighted by molar-refractivity contribution is 7.92. The van der Waals surface area contributed by atoms with Crippen LogP contribution in [0, 0.1) is 0 Å².